The summed E-state index contributed by atoms with van der Waals surface area (Å²) in [6, 6.07) is 4.10. The van der Waals surface area contributed by atoms with Crippen LogP contribution in [-0.4, -0.2) is 25.1 Å². The van der Waals surface area contributed by atoms with Crippen LogP contribution in [0.2, 0.25) is 0 Å². The molecule has 1 aromatic rings. The van der Waals surface area contributed by atoms with Gasteiger partial charge in [0.25, 0.3) is 0 Å². The molecule has 2 fully saturated rings. The van der Waals surface area contributed by atoms with E-state index in [4.69, 9.17) is 9.47 Å². The Labute approximate surface area is 111 Å². The van der Waals surface area contributed by atoms with Crippen LogP contribution in [0, 0.1) is 11.7 Å². The number of rotatable bonds is 3. The Balaban J connectivity index is 1.84. The van der Waals surface area contributed by atoms with Gasteiger partial charge in [-0.1, -0.05) is 0 Å². The Hall–Kier alpha value is -1.42. The summed E-state index contributed by atoms with van der Waals surface area (Å²) in [5.41, 5.74) is 0.482. The molecule has 0 N–H and O–H groups in total. The fourth-order valence-corrected chi connectivity index (χ4v) is 3.16. The summed E-state index contributed by atoms with van der Waals surface area (Å²) in [6.07, 6.45) is 4.09. The lowest BCUT2D eigenvalue weighted by Crippen LogP contribution is -2.30. The molecule has 3 rings (SSSR count). The van der Waals surface area contributed by atoms with Gasteiger partial charge >= 0.3 is 0 Å². The second kappa shape index (κ2) is 4.93. The zero-order valence-corrected chi connectivity index (χ0v) is 10.9. The number of benzene rings is 1. The Morgan fingerprint density at radius 3 is 2.63 bits per heavy atom. The maximum Gasteiger partial charge on any atom is 0.169 e. The molecule has 2 atom stereocenters. The predicted octanol–water partition coefficient (Wildman–Crippen LogP) is 2.97. The number of hydrogen-bond donors (Lipinski definition) is 0. The Morgan fingerprint density at radius 1 is 1.32 bits per heavy atom. The summed E-state index contributed by atoms with van der Waals surface area (Å²) >= 11 is 0. The highest BCUT2D eigenvalue weighted by Crippen LogP contribution is 2.38. The molecule has 0 aromatic heterocycles. The van der Waals surface area contributed by atoms with Crippen LogP contribution in [0.4, 0.5) is 4.39 Å². The molecule has 0 amide bonds. The summed E-state index contributed by atoms with van der Waals surface area (Å²) in [6.45, 7) is 0. The van der Waals surface area contributed by atoms with Crippen molar-refractivity contribution in [3.63, 3.8) is 0 Å². The molecule has 3 nitrogen and oxygen atoms in total. The Bertz CT molecular complexity index is 488. The normalized spacial score (nSPS) is 29.3. The summed E-state index contributed by atoms with van der Waals surface area (Å²) in [4.78, 5) is 12.6. The van der Waals surface area contributed by atoms with Crippen LogP contribution < -0.4 is 4.74 Å². The minimum Gasteiger partial charge on any atom is -0.496 e. The second-order valence-corrected chi connectivity index (χ2v) is 5.33. The summed E-state index contributed by atoms with van der Waals surface area (Å²) in [5.74, 6) is -0.0352. The maximum atomic E-state index is 13.2. The van der Waals surface area contributed by atoms with Crippen molar-refractivity contribution in [3.8, 4) is 5.75 Å². The first kappa shape index (κ1) is 12.6. The Morgan fingerprint density at radius 2 is 2.00 bits per heavy atom. The number of hydrogen-bond acceptors (Lipinski definition) is 3. The van der Waals surface area contributed by atoms with Gasteiger partial charge in [0.15, 0.2) is 5.78 Å². The van der Waals surface area contributed by atoms with Gasteiger partial charge < -0.3 is 9.47 Å². The number of carbonyl (C=O) groups excluding carboxylic acids is 1. The molecule has 2 unspecified atom stereocenters. The molecule has 4 heteroatoms. The van der Waals surface area contributed by atoms with Crippen molar-refractivity contribution in [2.75, 3.05) is 7.11 Å². The van der Waals surface area contributed by atoms with E-state index in [0.29, 0.717) is 11.3 Å². The van der Waals surface area contributed by atoms with Crippen molar-refractivity contribution < 1.29 is 18.7 Å². The minimum absolute atomic E-state index is 0.0226. The number of Topliss-reactive ketones (excluding diaryl/α,β-unsaturated/α-hetero) is 1. The van der Waals surface area contributed by atoms with E-state index in [1.165, 1.54) is 25.3 Å². The van der Waals surface area contributed by atoms with Gasteiger partial charge in [-0.05, 0) is 37.8 Å². The van der Waals surface area contributed by atoms with Crippen LogP contribution in [0.25, 0.3) is 0 Å². The lowest BCUT2D eigenvalue weighted by molar-refractivity contribution is -0.0149. The molecule has 2 bridgehead atoms. The van der Waals surface area contributed by atoms with Crippen LogP contribution in [0.15, 0.2) is 18.2 Å². The minimum atomic E-state index is -0.388. The van der Waals surface area contributed by atoms with Crippen molar-refractivity contribution in [1.29, 1.82) is 0 Å². The maximum absolute atomic E-state index is 13.2. The summed E-state index contributed by atoms with van der Waals surface area (Å²) in [5, 5.41) is 0. The lowest BCUT2D eigenvalue weighted by atomic mass is 9.87. The van der Waals surface area contributed by atoms with Gasteiger partial charge in [-0.2, -0.15) is 0 Å². The third-order valence-electron chi connectivity index (χ3n) is 4.09. The van der Waals surface area contributed by atoms with E-state index in [1.807, 2.05) is 0 Å². The average molecular weight is 264 g/mol. The van der Waals surface area contributed by atoms with Crippen LogP contribution in [-0.2, 0) is 4.74 Å². The topological polar surface area (TPSA) is 35.5 Å². The number of ketones is 1. The molecule has 2 aliphatic rings. The number of carbonyl (C=O) groups is 1. The van der Waals surface area contributed by atoms with E-state index in [9.17, 15) is 9.18 Å². The average Bonchev–Trinajstić information content (AvgIpc) is 2.76. The van der Waals surface area contributed by atoms with Crippen LogP contribution in [0.1, 0.15) is 36.0 Å². The van der Waals surface area contributed by atoms with Crippen molar-refractivity contribution in [3.05, 3.63) is 29.6 Å². The largest absolute Gasteiger partial charge is 0.496 e. The van der Waals surface area contributed by atoms with E-state index in [1.54, 1.807) is 0 Å². The SMILES string of the molecule is COc1cc(F)ccc1C(=O)C1CC2CCC(C1)O2. The predicted molar refractivity (Wildman–Crippen MR) is 67.9 cm³/mol. The lowest BCUT2D eigenvalue weighted by Gasteiger charge is -2.27. The van der Waals surface area contributed by atoms with Gasteiger partial charge in [0.05, 0.1) is 24.9 Å². The standard InChI is InChI=1S/C15H17FO3/c1-18-14-8-10(16)2-5-13(14)15(17)9-6-11-3-4-12(7-9)19-11/h2,5,8-9,11-12H,3-4,6-7H2,1H3. The van der Waals surface area contributed by atoms with E-state index >= 15 is 0 Å². The van der Waals surface area contributed by atoms with E-state index in [2.05, 4.69) is 0 Å². The van der Waals surface area contributed by atoms with Crippen molar-refractivity contribution in [1.82, 2.24) is 0 Å². The van der Waals surface area contributed by atoms with Crippen molar-refractivity contribution >= 4 is 5.78 Å². The number of fused-ring (bicyclic) bond motifs is 2. The smallest absolute Gasteiger partial charge is 0.169 e. The molecule has 0 aliphatic carbocycles. The van der Waals surface area contributed by atoms with Gasteiger partial charge in [0.1, 0.15) is 11.6 Å². The molecular formula is C15H17FO3. The van der Waals surface area contributed by atoms with Crippen molar-refractivity contribution in [2.45, 2.75) is 37.9 Å². The molecule has 2 heterocycles. The fraction of sp³-hybridized carbons (Fsp3) is 0.533. The molecule has 1 aromatic carbocycles. The molecular weight excluding hydrogens is 247 g/mol. The van der Waals surface area contributed by atoms with Crippen LogP contribution in [0.3, 0.4) is 0 Å². The third kappa shape index (κ3) is 2.37. The summed E-state index contributed by atoms with van der Waals surface area (Å²) in [7, 11) is 1.46. The molecule has 2 saturated heterocycles. The first-order chi connectivity index (χ1) is 9.17. The molecule has 19 heavy (non-hydrogen) atoms. The van der Waals surface area contributed by atoms with Crippen molar-refractivity contribution in [2.24, 2.45) is 5.92 Å². The highest BCUT2D eigenvalue weighted by Gasteiger charge is 2.38. The third-order valence-corrected chi connectivity index (χ3v) is 4.09. The highest BCUT2D eigenvalue weighted by molar-refractivity contribution is 6.00. The fourth-order valence-electron chi connectivity index (χ4n) is 3.16. The monoisotopic (exact) mass is 264 g/mol. The van der Waals surface area contributed by atoms with Gasteiger partial charge in [-0.3, -0.25) is 4.79 Å². The highest BCUT2D eigenvalue weighted by atomic mass is 19.1. The van der Waals surface area contributed by atoms with Gasteiger partial charge in [0, 0.05) is 12.0 Å². The van der Waals surface area contributed by atoms with Crippen LogP contribution in [0.5, 0.6) is 5.75 Å². The van der Waals surface area contributed by atoms with E-state index in [0.717, 1.165) is 25.7 Å². The van der Waals surface area contributed by atoms with Crippen LogP contribution >= 0.6 is 0 Å². The van der Waals surface area contributed by atoms with E-state index in [-0.39, 0.29) is 29.7 Å². The number of halogens is 1. The van der Waals surface area contributed by atoms with E-state index < -0.39 is 0 Å². The second-order valence-electron chi connectivity index (χ2n) is 5.33. The number of methoxy groups -OCH3 is 1. The molecule has 102 valence electrons. The zero-order valence-electron chi connectivity index (χ0n) is 10.9. The molecule has 0 saturated carbocycles. The first-order valence-corrected chi connectivity index (χ1v) is 6.70. The van der Waals surface area contributed by atoms with Gasteiger partial charge in [-0.25, -0.2) is 4.39 Å². The Kier molecular flexibility index (Phi) is 3.27. The zero-order chi connectivity index (χ0) is 13.4. The molecule has 0 spiro atoms. The summed E-state index contributed by atoms with van der Waals surface area (Å²) < 4.78 is 24.0. The first-order valence-electron chi connectivity index (χ1n) is 6.70. The molecule has 2 aliphatic heterocycles. The quantitative estimate of drug-likeness (QED) is 0.787. The van der Waals surface area contributed by atoms with Gasteiger partial charge in [0.2, 0.25) is 0 Å². The van der Waals surface area contributed by atoms with Gasteiger partial charge in [-0.15, -0.1) is 0 Å². The molecule has 0 radical (unpaired) electrons. The number of ether oxygens (including phenoxy) is 2.